The third kappa shape index (κ3) is 12.6. The Hall–Kier alpha value is -2.57. The minimum Gasteiger partial charge on any atom is -0.550 e. The van der Waals surface area contributed by atoms with Crippen molar-refractivity contribution in [3.63, 3.8) is 0 Å². The third-order valence-electron chi connectivity index (χ3n) is 7.51. The minimum absolute atomic E-state index is 0. The summed E-state index contributed by atoms with van der Waals surface area (Å²) >= 11 is 0. The van der Waals surface area contributed by atoms with E-state index in [0.29, 0.717) is 0 Å². The summed E-state index contributed by atoms with van der Waals surface area (Å²) in [5, 5.41) is 41.0. The van der Waals surface area contributed by atoms with E-state index in [4.69, 9.17) is 9.47 Å². The molecule has 0 aliphatic carbocycles. The number of likely N-dealkylation sites (tertiary alicyclic amines) is 1. The molecule has 3 N–H and O–H groups in total. The maximum atomic E-state index is 12.5. The molecule has 242 valence electrons. The number of amides is 1. The van der Waals surface area contributed by atoms with E-state index in [1.807, 2.05) is 37.3 Å². The molecule has 2 saturated heterocycles. The number of allylic oxidation sites excluding steroid dienone is 11. The van der Waals surface area contributed by atoms with E-state index in [0.717, 1.165) is 10.5 Å². The zero-order valence-electron chi connectivity index (χ0n) is 27.3. The Kier molecular flexibility index (Phi) is 17.8. The molecule has 0 aromatic heterocycles. The van der Waals surface area contributed by atoms with Gasteiger partial charge in [-0.05, 0) is 38.7 Å². The van der Waals surface area contributed by atoms with Crippen molar-refractivity contribution in [2.45, 2.75) is 90.6 Å². The largest absolute Gasteiger partial charge is 1.00 e. The first kappa shape index (κ1) is 40.5. The smallest absolute Gasteiger partial charge is 0.550 e. The van der Waals surface area contributed by atoms with Gasteiger partial charge in [0.2, 0.25) is 0 Å². The molecule has 0 aromatic rings. The van der Waals surface area contributed by atoms with Gasteiger partial charge < -0.3 is 39.6 Å². The molecule has 0 bridgehead atoms. The fourth-order valence-electron chi connectivity index (χ4n) is 5.14. The number of hydrogen-bond acceptors (Lipinski definition) is 9. The second kappa shape index (κ2) is 19.8. The average Bonchev–Trinajstić information content (AvgIpc) is 3.16. The molecule has 2 aliphatic rings. The molecular formula is C34H46NNaO9. The zero-order chi connectivity index (χ0) is 33.0. The molecule has 0 aromatic carbocycles. The van der Waals surface area contributed by atoms with Gasteiger partial charge in [0, 0.05) is 25.4 Å². The molecule has 2 heterocycles. The summed E-state index contributed by atoms with van der Waals surface area (Å²) in [5.41, 5.74) is 0.702. The molecule has 2 rings (SSSR count). The molecule has 0 saturated carbocycles. The van der Waals surface area contributed by atoms with Crippen LogP contribution in [0.3, 0.4) is 0 Å². The Morgan fingerprint density at radius 3 is 2.13 bits per heavy atom. The second-order valence-electron chi connectivity index (χ2n) is 11.5. The predicted molar refractivity (Wildman–Crippen MR) is 165 cm³/mol. The van der Waals surface area contributed by atoms with E-state index in [2.05, 4.69) is 26.8 Å². The van der Waals surface area contributed by atoms with Gasteiger partial charge in [-0.25, -0.2) is 0 Å². The van der Waals surface area contributed by atoms with E-state index in [9.17, 15) is 34.8 Å². The van der Waals surface area contributed by atoms with Gasteiger partial charge in [-0.2, -0.15) is 0 Å². The van der Waals surface area contributed by atoms with Crippen molar-refractivity contribution < 1.29 is 73.8 Å². The van der Waals surface area contributed by atoms with Gasteiger partial charge in [0.15, 0.2) is 12.1 Å². The van der Waals surface area contributed by atoms with Gasteiger partial charge in [-0.3, -0.25) is 9.59 Å². The SMILES string of the molecule is CC(/C=C/C=C/C=C/C=C/C=C/C(O)=C1/C(=O)C(CCC(=O)[O-])N(C)C1=O)=C\C(C)C(OC1CC(O)C(O)C(C)O1)C(C)C.[Na+]. The van der Waals surface area contributed by atoms with Gasteiger partial charge in [0.25, 0.3) is 5.91 Å². The van der Waals surface area contributed by atoms with E-state index in [-0.39, 0.29) is 72.3 Å². The molecule has 45 heavy (non-hydrogen) atoms. The Balaban J connectivity index is 0.0000101. The number of nitrogens with zero attached hydrogens (tertiary/aromatic N) is 1. The van der Waals surface area contributed by atoms with Gasteiger partial charge in [0.05, 0.1) is 24.4 Å². The Labute approximate surface area is 288 Å². The number of carbonyl (C=O) groups is 3. The number of ketones is 1. The predicted octanol–water partition coefficient (Wildman–Crippen LogP) is 0.00360. The van der Waals surface area contributed by atoms with Gasteiger partial charge in [-0.15, -0.1) is 0 Å². The number of aliphatic hydroxyl groups excluding tert-OH is 3. The summed E-state index contributed by atoms with van der Waals surface area (Å²) in [7, 11) is 1.39. The first-order valence-corrected chi connectivity index (χ1v) is 14.9. The maximum Gasteiger partial charge on any atom is 1.00 e. The van der Waals surface area contributed by atoms with Crippen LogP contribution in [0.1, 0.15) is 53.9 Å². The molecule has 11 heteroatoms. The van der Waals surface area contributed by atoms with Crippen molar-refractivity contribution in [1.29, 1.82) is 0 Å². The molecule has 2 fully saturated rings. The molecule has 2 aliphatic heterocycles. The van der Waals surface area contributed by atoms with Crippen LogP contribution in [-0.4, -0.2) is 81.7 Å². The van der Waals surface area contributed by atoms with Crippen LogP contribution in [-0.2, 0) is 23.9 Å². The third-order valence-corrected chi connectivity index (χ3v) is 7.51. The average molecular weight is 636 g/mol. The van der Waals surface area contributed by atoms with Crippen molar-refractivity contribution >= 4 is 17.7 Å². The van der Waals surface area contributed by atoms with Crippen molar-refractivity contribution in [3.05, 3.63) is 83.7 Å². The molecule has 10 nitrogen and oxygen atoms in total. The summed E-state index contributed by atoms with van der Waals surface area (Å²) in [6.07, 6.45) is 16.2. The molecule has 1 amide bonds. The Bertz CT molecular complexity index is 1220. The minimum atomic E-state index is -1.31. The topological polar surface area (TPSA) is 157 Å². The number of aliphatic hydroxyl groups is 3. The van der Waals surface area contributed by atoms with Crippen LogP contribution in [0, 0.1) is 11.8 Å². The van der Waals surface area contributed by atoms with Crippen molar-refractivity contribution in [3.8, 4) is 0 Å². The number of Topliss-reactive ketones (excluding diaryl/α,β-unsaturated/α-hetero) is 1. The number of likely N-dealkylation sites (N-methyl/N-ethyl adjacent to an activating group) is 1. The summed E-state index contributed by atoms with van der Waals surface area (Å²) in [6, 6.07) is -0.934. The van der Waals surface area contributed by atoms with Crippen LogP contribution >= 0.6 is 0 Å². The number of carboxylic acids is 1. The van der Waals surface area contributed by atoms with Gasteiger partial charge >= 0.3 is 29.6 Å². The first-order chi connectivity index (χ1) is 20.7. The summed E-state index contributed by atoms with van der Waals surface area (Å²) in [5.74, 6) is -2.75. The molecule has 7 unspecified atom stereocenters. The fourth-order valence-corrected chi connectivity index (χ4v) is 5.14. The monoisotopic (exact) mass is 635 g/mol. The summed E-state index contributed by atoms with van der Waals surface area (Å²) in [4.78, 5) is 36.7. The van der Waals surface area contributed by atoms with Crippen LogP contribution in [0.25, 0.3) is 0 Å². The van der Waals surface area contributed by atoms with Crippen LogP contribution in [0.2, 0.25) is 0 Å². The number of carbonyl (C=O) groups excluding carboxylic acids is 3. The zero-order valence-corrected chi connectivity index (χ0v) is 29.3. The van der Waals surface area contributed by atoms with Crippen LogP contribution in [0.15, 0.2) is 83.7 Å². The molecule has 0 radical (unpaired) electrons. The van der Waals surface area contributed by atoms with Crippen LogP contribution in [0.4, 0.5) is 0 Å². The summed E-state index contributed by atoms with van der Waals surface area (Å²) in [6.45, 7) is 9.96. The number of carboxylic acid groups (broad SMARTS) is 1. The van der Waals surface area contributed by atoms with Crippen molar-refractivity contribution in [2.24, 2.45) is 11.8 Å². The van der Waals surface area contributed by atoms with Gasteiger partial charge in [0.1, 0.15) is 17.4 Å². The fraction of sp³-hybridized carbons (Fsp3) is 0.500. The van der Waals surface area contributed by atoms with Crippen LogP contribution in [0.5, 0.6) is 0 Å². The number of hydrogen-bond donors (Lipinski definition) is 3. The van der Waals surface area contributed by atoms with Gasteiger partial charge in [-0.1, -0.05) is 87.1 Å². The van der Waals surface area contributed by atoms with E-state index < -0.39 is 54.1 Å². The van der Waals surface area contributed by atoms with Crippen molar-refractivity contribution in [2.75, 3.05) is 7.05 Å². The number of rotatable bonds is 14. The number of ether oxygens (including phenoxy) is 2. The second-order valence-corrected chi connectivity index (χ2v) is 11.5. The van der Waals surface area contributed by atoms with E-state index >= 15 is 0 Å². The Morgan fingerprint density at radius 1 is 1.04 bits per heavy atom. The first-order valence-electron chi connectivity index (χ1n) is 14.9. The normalized spacial score (nSPS) is 27.5. The summed E-state index contributed by atoms with van der Waals surface area (Å²) < 4.78 is 12.0. The van der Waals surface area contributed by atoms with Crippen molar-refractivity contribution in [1.82, 2.24) is 4.90 Å². The van der Waals surface area contributed by atoms with E-state index in [1.165, 1.54) is 19.2 Å². The van der Waals surface area contributed by atoms with Crippen LogP contribution < -0.4 is 34.7 Å². The standard InChI is InChI=1S/C34H47NO9.Na/c1-21(2)33(44-29-20-27(37)31(40)24(5)43-29)23(4)19-22(3)15-13-11-9-7-8-10-12-14-16-26(36)30-32(41)25(17-18-28(38)39)35(6)34(30)42;/h7-16,19,21,23-25,27,29,31,33,36-37,40H,17-18,20H2,1-6H3,(H,38,39);/q;+1/p-1/b8-7+,11-9+,12-10+,15-13+,16-14+,22-19+,30-26+;. The molecular weight excluding hydrogens is 589 g/mol. The molecule has 7 atom stereocenters. The Morgan fingerprint density at radius 2 is 1.60 bits per heavy atom. The quantitative estimate of drug-likeness (QED) is 0.0787. The number of aliphatic carboxylic acids is 1. The maximum absolute atomic E-state index is 12.5. The van der Waals surface area contributed by atoms with E-state index in [1.54, 1.807) is 25.2 Å². The molecule has 0 spiro atoms.